The summed E-state index contributed by atoms with van der Waals surface area (Å²) >= 11 is 0. The van der Waals surface area contributed by atoms with Crippen LogP contribution in [0.2, 0.25) is 0 Å². The second-order valence-corrected chi connectivity index (χ2v) is 4.30. The fourth-order valence-corrected chi connectivity index (χ4v) is 2.14. The molecule has 0 bridgehead atoms. The summed E-state index contributed by atoms with van der Waals surface area (Å²) < 4.78 is 16.0. The zero-order chi connectivity index (χ0) is 11.0. The maximum atomic E-state index is 5.89. The normalized spacial score (nSPS) is 34.7. The number of ether oxygens (including phenoxy) is 2. The molecule has 16 heavy (non-hydrogen) atoms. The lowest BCUT2D eigenvalue weighted by molar-refractivity contribution is 0.103. The van der Waals surface area contributed by atoms with Crippen LogP contribution in [0.15, 0.2) is 4.52 Å². The molecule has 2 aliphatic heterocycles. The Labute approximate surface area is 93.1 Å². The van der Waals surface area contributed by atoms with Gasteiger partial charge in [-0.05, 0) is 12.8 Å². The van der Waals surface area contributed by atoms with Crippen molar-refractivity contribution < 1.29 is 14.0 Å². The molecular weight excluding hydrogens is 210 g/mol. The Balaban J connectivity index is 1.76. The molecule has 0 aliphatic carbocycles. The zero-order valence-corrected chi connectivity index (χ0v) is 8.96. The number of aromatic nitrogens is 2. The first-order valence-electron chi connectivity index (χ1n) is 5.63. The summed E-state index contributed by atoms with van der Waals surface area (Å²) in [7, 11) is 0. The molecule has 0 amide bonds. The molecule has 2 fully saturated rings. The Kier molecular flexibility index (Phi) is 2.62. The molecule has 3 atom stereocenters. The van der Waals surface area contributed by atoms with Crippen molar-refractivity contribution in [1.29, 1.82) is 0 Å². The van der Waals surface area contributed by atoms with E-state index in [4.69, 9.17) is 19.7 Å². The third-order valence-corrected chi connectivity index (χ3v) is 3.12. The van der Waals surface area contributed by atoms with Crippen molar-refractivity contribution in [2.45, 2.75) is 30.9 Å². The number of rotatable bonds is 2. The molecule has 0 radical (unpaired) electrons. The van der Waals surface area contributed by atoms with Crippen LogP contribution in [0, 0.1) is 0 Å². The molecule has 2 N–H and O–H groups in total. The largest absolute Gasteiger partial charge is 0.379 e. The van der Waals surface area contributed by atoms with Crippen molar-refractivity contribution in [3.05, 3.63) is 11.7 Å². The maximum absolute atomic E-state index is 5.89. The second kappa shape index (κ2) is 4.12. The van der Waals surface area contributed by atoms with E-state index in [9.17, 15) is 0 Å². The van der Waals surface area contributed by atoms with E-state index < -0.39 is 0 Å². The van der Waals surface area contributed by atoms with Crippen LogP contribution in [0.1, 0.15) is 36.6 Å². The van der Waals surface area contributed by atoms with Crippen molar-refractivity contribution >= 4 is 0 Å². The first-order valence-corrected chi connectivity index (χ1v) is 5.63. The number of nitrogens with zero attached hydrogens (tertiary/aromatic N) is 2. The van der Waals surface area contributed by atoms with E-state index in [1.54, 1.807) is 0 Å². The van der Waals surface area contributed by atoms with Gasteiger partial charge < -0.3 is 19.7 Å². The van der Waals surface area contributed by atoms with E-state index in [-0.39, 0.29) is 18.1 Å². The number of nitrogens with two attached hydrogens (primary N) is 1. The lowest BCUT2D eigenvalue weighted by Gasteiger charge is -2.06. The van der Waals surface area contributed by atoms with Crippen LogP contribution in [0.5, 0.6) is 0 Å². The van der Waals surface area contributed by atoms with Crippen LogP contribution in [0.4, 0.5) is 0 Å². The van der Waals surface area contributed by atoms with Gasteiger partial charge in [0.05, 0.1) is 19.1 Å². The van der Waals surface area contributed by atoms with Crippen molar-refractivity contribution in [1.82, 2.24) is 10.1 Å². The first-order chi connectivity index (χ1) is 7.84. The van der Waals surface area contributed by atoms with E-state index in [1.807, 2.05) is 0 Å². The SMILES string of the molecule is NC1COCC1c1nc(C2CCCO2)no1. The molecular formula is C10H15N3O3. The molecule has 1 aromatic rings. The summed E-state index contributed by atoms with van der Waals surface area (Å²) in [6, 6.07) is -0.0437. The van der Waals surface area contributed by atoms with Gasteiger partial charge in [0, 0.05) is 12.6 Å². The van der Waals surface area contributed by atoms with Gasteiger partial charge in [0.25, 0.3) is 0 Å². The van der Waals surface area contributed by atoms with Gasteiger partial charge in [-0.1, -0.05) is 5.16 Å². The van der Waals surface area contributed by atoms with Gasteiger partial charge in [-0.15, -0.1) is 0 Å². The minimum Gasteiger partial charge on any atom is -0.379 e. The van der Waals surface area contributed by atoms with Crippen molar-refractivity contribution in [3.8, 4) is 0 Å². The van der Waals surface area contributed by atoms with Gasteiger partial charge in [-0.25, -0.2) is 0 Å². The maximum Gasteiger partial charge on any atom is 0.233 e. The molecule has 1 aromatic heterocycles. The first kappa shape index (κ1) is 10.2. The Morgan fingerprint density at radius 2 is 2.25 bits per heavy atom. The highest BCUT2D eigenvalue weighted by atomic mass is 16.5. The summed E-state index contributed by atoms with van der Waals surface area (Å²) in [5, 5.41) is 3.96. The lowest BCUT2D eigenvalue weighted by atomic mass is 10.1. The van der Waals surface area contributed by atoms with Gasteiger partial charge in [-0.2, -0.15) is 4.98 Å². The zero-order valence-electron chi connectivity index (χ0n) is 8.96. The fraction of sp³-hybridized carbons (Fsp3) is 0.800. The van der Waals surface area contributed by atoms with Gasteiger partial charge in [0.1, 0.15) is 6.10 Å². The second-order valence-electron chi connectivity index (χ2n) is 4.30. The summed E-state index contributed by atoms with van der Waals surface area (Å²) in [5.74, 6) is 1.25. The molecule has 6 nitrogen and oxygen atoms in total. The highest BCUT2D eigenvalue weighted by Gasteiger charge is 2.32. The van der Waals surface area contributed by atoms with Crippen molar-refractivity contribution in [2.24, 2.45) is 5.73 Å². The van der Waals surface area contributed by atoms with Crippen molar-refractivity contribution in [2.75, 3.05) is 19.8 Å². The molecule has 6 heteroatoms. The molecule has 3 heterocycles. The molecule has 3 rings (SSSR count). The molecule has 2 aliphatic rings. The smallest absolute Gasteiger partial charge is 0.233 e. The van der Waals surface area contributed by atoms with Gasteiger partial charge >= 0.3 is 0 Å². The van der Waals surface area contributed by atoms with Crippen LogP contribution in [-0.2, 0) is 9.47 Å². The predicted octanol–water partition coefficient (Wildman–Crippen LogP) is 0.362. The van der Waals surface area contributed by atoms with Crippen LogP contribution in [0.3, 0.4) is 0 Å². The average Bonchev–Trinajstić information content (AvgIpc) is 2.96. The predicted molar refractivity (Wildman–Crippen MR) is 53.8 cm³/mol. The minimum absolute atomic E-state index is 0.00366. The highest BCUT2D eigenvalue weighted by Crippen LogP contribution is 2.29. The molecule has 88 valence electrons. The Bertz CT molecular complexity index is 362. The summed E-state index contributed by atoms with van der Waals surface area (Å²) in [5.41, 5.74) is 5.89. The van der Waals surface area contributed by atoms with E-state index in [0.29, 0.717) is 24.9 Å². The highest BCUT2D eigenvalue weighted by molar-refractivity contribution is 5.03. The average molecular weight is 225 g/mol. The van der Waals surface area contributed by atoms with Crippen LogP contribution in [0.25, 0.3) is 0 Å². The van der Waals surface area contributed by atoms with Gasteiger partial charge in [0.15, 0.2) is 0 Å². The Morgan fingerprint density at radius 3 is 2.94 bits per heavy atom. The summed E-state index contributed by atoms with van der Waals surface area (Å²) in [4.78, 5) is 4.36. The Hall–Kier alpha value is -0.980. The van der Waals surface area contributed by atoms with Crippen LogP contribution in [-0.4, -0.2) is 36.0 Å². The van der Waals surface area contributed by atoms with Gasteiger partial charge in [0.2, 0.25) is 11.7 Å². The van der Waals surface area contributed by atoms with E-state index in [2.05, 4.69) is 10.1 Å². The van der Waals surface area contributed by atoms with Gasteiger partial charge in [-0.3, -0.25) is 0 Å². The molecule has 0 aromatic carbocycles. The fourth-order valence-electron chi connectivity index (χ4n) is 2.14. The quantitative estimate of drug-likeness (QED) is 0.782. The third kappa shape index (κ3) is 1.73. The standard InChI is InChI=1S/C10H15N3O3/c11-7-5-14-4-6(7)10-12-9(13-16-10)8-2-1-3-15-8/h6-8H,1-5,11H2. The lowest BCUT2D eigenvalue weighted by Crippen LogP contribution is -2.27. The monoisotopic (exact) mass is 225 g/mol. The molecule has 0 saturated carbocycles. The van der Waals surface area contributed by atoms with E-state index in [0.717, 1.165) is 19.4 Å². The number of hydrogen-bond donors (Lipinski definition) is 1. The number of hydrogen-bond acceptors (Lipinski definition) is 6. The topological polar surface area (TPSA) is 83.4 Å². The molecule has 3 unspecified atom stereocenters. The van der Waals surface area contributed by atoms with E-state index in [1.165, 1.54) is 0 Å². The minimum atomic E-state index is -0.0437. The summed E-state index contributed by atoms with van der Waals surface area (Å²) in [6.07, 6.45) is 2.02. The molecule has 2 saturated heterocycles. The third-order valence-electron chi connectivity index (χ3n) is 3.12. The molecule has 0 spiro atoms. The van der Waals surface area contributed by atoms with Crippen LogP contribution < -0.4 is 5.73 Å². The summed E-state index contributed by atoms with van der Waals surface area (Å²) in [6.45, 7) is 1.90. The Morgan fingerprint density at radius 1 is 1.31 bits per heavy atom. The van der Waals surface area contributed by atoms with Crippen molar-refractivity contribution in [3.63, 3.8) is 0 Å². The van der Waals surface area contributed by atoms with Crippen LogP contribution >= 0.6 is 0 Å². The van der Waals surface area contributed by atoms with E-state index >= 15 is 0 Å².